The normalized spacial score (nSPS) is 12.2. The predicted octanol–water partition coefficient (Wildman–Crippen LogP) is 5.92. The van der Waals surface area contributed by atoms with E-state index in [2.05, 4.69) is 0 Å². The van der Waals surface area contributed by atoms with Gasteiger partial charge in [0.05, 0.1) is 15.5 Å². The van der Waals surface area contributed by atoms with Crippen LogP contribution in [0.3, 0.4) is 0 Å². The minimum atomic E-state index is -4.34. The fourth-order valence-corrected chi connectivity index (χ4v) is 8.62. The zero-order valence-corrected chi connectivity index (χ0v) is 23.8. The molecule has 0 radical (unpaired) electrons. The molecule has 0 spiro atoms. The number of rotatable bonds is 5. The maximum absolute atomic E-state index is 14.3. The van der Waals surface area contributed by atoms with Crippen molar-refractivity contribution in [3.8, 4) is 11.1 Å². The minimum Gasteiger partial charge on any atom is -0.288 e. The molecule has 39 heavy (non-hydrogen) atoms. The zero-order valence-electron chi connectivity index (χ0n) is 22.1. The van der Waals surface area contributed by atoms with Gasteiger partial charge >= 0.3 is 0 Å². The monoisotopic (exact) mass is 556 g/mol. The third-order valence-corrected chi connectivity index (χ3v) is 10.7. The molecule has 0 atom stereocenters. The summed E-state index contributed by atoms with van der Waals surface area (Å²) in [6.45, 7) is 7.77. The van der Waals surface area contributed by atoms with Crippen LogP contribution in [0.15, 0.2) is 104 Å². The summed E-state index contributed by atoms with van der Waals surface area (Å²) in [5.41, 5.74) is 4.45. The van der Waals surface area contributed by atoms with Crippen LogP contribution in [0.25, 0.3) is 11.1 Å². The average molecular weight is 557 g/mol. The van der Waals surface area contributed by atoms with Crippen molar-refractivity contribution in [2.45, 2.75) is 48.1 Å². The van der Waals surface area contributed by atoms with Gasteiger partial charge in [-0.15, -0.1) is 0 Å². The highest BCUT2D eigenvalue weighted by Crippen LogP contribution is 2.35. The van der Waals surface area contributed by atoms with E-state index in [0.29, 0.717) is 10.8 Å². The second-order valence-corrected chi connectivity index (χ2v) is 13.9. The van der Waals surface area contributed by atoms with Crippen molar-refractivity contribution < 1.29 is 16.8 Å². The Morgan fingerprint density at radius 2 is 1.15 bits per heavy atom. The molecule has 0 amide bonds. The van der Waals surface area contributed by atoms with E-state index in [1.54, 1.807) is 42.5 Å². The maximum atomic E-state index is 14.3. The number of hydrogen-bond donors (Lipinski definition) is 0. The van der Waals surface area contributed by atoms with Gasteiger partial charge in [0.25, 0.3) is 0 Å². The summed E-state index contributed by atoms with van der Waals surface area (Å²) >= 11 is 0. The maximum Gasteiger partial charge on any atom is 0.210 e. The highest BCUT2D eigenvalue weighted by molar-refractivity contribution is 7.92. The lowest BCUT2D eigenvalue weighted by atomic mass is 9.96. The van der Waals surface area contributed by atoms with Crippen LogP contribution in [0.4, 0.5) is 0 Å². The highest BCUT2D eigenvalue weighted by atomic mass is 32.2. The number of fused-ring (bicyclic) bond motifs is 2. The Bertz CT molecular complexity index is 2050. The molecule has 7 heteroatoms. The van der Waals surface area contributed by atoms with Crippen LogP contribution in [0.1, 0.15) is 27.8 Å². The lowest BCUT2D eigenvalue weighted by Crippen LogP contribution is -2.16. The lowest BCUT2D eigenvalue weighted by Gasteiger charge is -2.08. The fourth-order valence-electron chi connectivity index (χ4n) is 5.51. The lowest BCUT2D eigenvalue weighted by molar-refractivity contribution is 0.592. The molecule has 0 bridgehead atoms. The van der Waals surface area contributed by atoms with Crippen molar-refractivity contribution in [1.29, 1.82) is 0 Å². The molecule has 2 aromatic carbocycles. The largest absolute Gasteiger partial charge is 0.288 e. The molecule has 0 heterocycles. The molecule has 0 saturated heterocycles. The number of hydrogen-bond acceptors (Lipinski definition) is 5. The Kier molecular flexibility index (Phi) is 6.69. The molecule has 2 aromatic rings. The van der Waals surface area contributed by atoms with Crippen LogP contribution in [-0.2, 0) is 25.4 Å². The molecule has 0 N–H and O–H groups in total. The molecule has 0 fully saturated rings. The second-order valence-electron chi connectivity index (χ2n) is 9.98. The first-order valence-corrected chi connectivity index (χ1v) is 15.6. The standard InChI is InChI=1S/C32H28O5S2/c1-20-17-22(3)28-21(2)15-16-26-27(19-38(34,35)24-11-7-5-8-12-24)32(31(33)30(26)29(28)23(4)18-20)39(36,37)25-13-9-6-10-14-25/h5-18H,19H2,1-4H3. The van der Waals surface area contributed by atoms with Gasteiger partial charge in [0.15, 0.2) is 9.84 Å². The van der Waals surface area contributed by atoms with Gasteiger partial charge < -0.3 is 0 Å². The number of aryl methyl sites for hydroxylation is 4. The Morgan fingerprint density at radius 1 is 0.615 bits per heavy atom. The summed E-state index contributed by atoms with van der Waals surface area (Å²) in [4.78, 5) is 13.9. The average Bonchev–Trinajstić information content (AvgIpc) is 2.99. The van der Waals surface area contributed by atoms with Crippen LogP contribution in [0.2, 0.25) is 0 Å². The summed E-state index contributed by atoms with van der Waals surface area (Å²) in [5, 5.41) is 0.556. The molecule has 3 aliphatic rings. The Hall–Kier alpha value is -3.81. The quantitative estimate of drug-likeness (QED) is 0.268. The smallest absolute Gasteiger partial charge is 0.210 e. The third-order valence-electron chi connectivity index (χ3n) is 7.13. The van der Waals surface area contributed by atoms with Crippen LogP contribution < -0.4 is 5.43 Å². The van der Waals surface area contributed by atoms with Crippen LogP contribution in [-0.4, -0.2) is 16.8 Å². The molecular weight excluding hydrogens is 528 g/mol. The van der Waals surface area contributed by atoms with Crippen molar-refractivity contribution in [2.75, 3.05) is 0 Å². The SMILES string of the molecule is Cc1cc(C)c2c(C)ccc3c(CS(=O)(=O)c4ccccc4)c(S(=O)(=O)c4ccccc4)c(=O)c=3c-2c(C)c1. The molecule has 0 aromatic heterocycles. The molecule has 0 aliphatic heterocycles. The van der Waals surface area contributed by atoms with E-state index in [1.807, 2.05) is 45.9 Å². The van der Waals surface area contributed by atoms with Crippen LogP contribution in [0.5, 0.6) is 0 Å². The van der Waals surface area contributed by atoms with Gasteiger partial charge in [-0.3, -0.25) is 4.79 Å². The van der Waals surface area contributed by atoms with Gasteiger partial charge in [0.1, 0.15) is 4.90 Å². The molecule has 198 valence electrons. The van der Waals surface area contributed by atoms with Crippen molar-refractivity contribution >= 4 is 19.7 Å². The molecule has 3 aliphatic carbocycles. The van der Waals surface area contributed by atoms with Gasteiger partial charge in [-0.1, -0.05) is 66.2 Å². The van der Waals surface area contributed by atoms with E-state index in [0.717, 1.165) is 27.8 Å². The minimum absolute atomic E-state index is 0.000104. The van der Waals surface area contributed by atoms with E-state index < -0.39 is 35.8 Å². The van der Waals surface area contributed by atoms with E-state index in [1.165, 1.54) is 24.3 Å². The van der Waals surface area contributed by atoms with E-state index in [9.17, 15) is 21.6 Å². The third kappa shape index (κ3) is 4.56. The summed E-state index contributed by atoms with van der Waals surface area (Å²) in [5.74, 6) is -0.627. The van der Waals surface area contributed by atoms with Crippen LogP contribution >= 0.6 is 0 Å². The van der Waals surface area contributed by atoms with Gasteiger partial charge in [-0.2, -0.15) is 0 Å². The number of sulfone groups is 2. The Labute approximate surface area is 228 Å². The fraction of sp³-hybridized carbons (Fsp3) is 0.156. The topological polar surface area (TPSA) is 85.3 Å². The van der Waals surface area contributed by atoms with Crippen LogP contribution in [0, 0.1) is 38.1 Å². The van der Waals surface area contributed by atoms with Gasteiger partial charge in [0.2, 0.25) is 15.3 Å². The highest BCUT2D eigenvalue weighted by Gasteiger charge is 2.32. The molecule has 0 saturated carbocycles. The first kappa shape index (κ1) is 26.8. The Morgan fingerprint density at radius 3 is 1.74 bits per heavy atom. The summed E-state index contributed by atoms with van der Waals surface area (Å²) in [6, 6.07) is 23.1. The van der Waals surface area contributed by atoms with Gasteiger partial charge in [-0.25, -0.2) is 16.8 Å². The first-order valence-electron chi connectivity index (χ1n) is 12.5. The van der Waals surface area contributed by atoms with Crippen molar-refractivity contribution in [3.63, 3.8) is 0 Å². The first-order chi connectivity index (χ1) is 18.4. The number of benzene rings is 2. The zero-order chi connectivity index (χ0) is 28.1. The summed E-state index contributed by atoms with van der Waals surface area (Å²) < 4.78 is 55.2. The van der Waals surface area contributed by atoms with Crippen molar-refractivity contribution in [3.05, 3.63) is 133 Å². The van der Waals surface area contributed by atoms with E-state index >= 15 is 0 Å². The summed E-state index contributed by atoms with van der Waals surface area (Å²) in [6.07, 6.45) is 0. The van der Waals surface area contributed by atoms with Crippen molar-refractivity contribution in [2.24, 2.45) is 0 Å². The Balaban J connectivity index is 2.01. The summed E-state index contributed by atoms with van der Waals surface area (Å²) in [7, 11) is -8.33. The van der Waals surface area contributed by atoms with Crippen molar-refractivity contribution in [1.82, 2.24) is 0 Å². The second kappa shape index (κ2) is 9.74. The van der Waals surface area contributed by atoms with E-state index in [-0.39, 0.29) is 20.6 Å². The molecular formula is C32H28O5S2. The predicted molar refractivity (Wildman–Crippen MR) is 153 cm³/mol. The molecule has 0 unspecified atom stereocenters. The van der Waals surface area contributed by atoms with Gasteiger partial charge in [-0.05, 0) is 90.6 Å². The van der Waals surface area contributed by atoms with Gasteiger partial charge in [0, 0.05) is 5.22 Å². The molecule has 5 nitrogen and oxygen atoms in total. The molecule has 5 rings (SSSR count). The van der Waals surface area contributed by atoms with E-state index in [4.69, 9.17) is 0 Å².